The largest absolute Gasteiger partial charge is 0.425 e. The lowest BCUT2D eigenvalue weighted by Gasteiger charge is -2.34. The Bertz CT molecular complexity index is 1110. The number of hydrogen-bond acceptors (Lipinski definition) is 5. The van der Waals surface area contributed by atoms with Crippen molar-refractivity contribution in [1.82, 2.24) is 4.31 Å². The van der Waals surface area contributed by atoms with Crippen LogP contribution in [-0.2, 0) is 27.8 Å². The molecule has 28 heavy (non-hydrogen) atoms. The van der Waals surface area contributed by atoms with Crippen molar-refractivity contribution in [3.05, 3.63) is 83.0 Å². The maximum Gasteiger partial charge on any atom is 0.330 e. The summed E-state index contributed by atoms with van der Waals surface area (Å²) in [6.07, 6.45) is 0.189. The standard InChI is InChI=1S/C20H16FNO4S2/c21-16-7-3-8-17(12-16)26-20(23)18-11-14-5-1-2-6-15(14)13-22(18)28(24,25)19-9-4-10-27-19/h1-10,12,18H,11,13H2/t18-/m0/s1. The average Bonchev–Trinajstić information content (AvgIpc) is 3.22. The van der Waals surface area contributed by atoms with Gasteiger partial charge in [0.2, 0.25) is 0 Å². The second kappa shape index (κ2) is 7.46. The maximum atomic E-state index is 13.4. The molecular weight excluding hydrogens is 401 g/mol. The molecule has 3 aromatic rings. The molecule has 0 aliphatic carbocycles. The van der Waals surface area contributed by atoms with E-state index in [1.54, 1.807) is 11.4 Å². The fourth-order valence-electron chi connectivity index (χ4n) is 3.19. The van der Waals surface area contributed by atoms with Crippen molar-refractivity contribution in [1.29, 1.82) is 0 Å². The zero-order valence-corrected chi connectivity index (χ0v) is 16.3. The fraction of sp³-hybridized carbons (Fsp3) is 0.150. The van der Waals surface area contributed by atoms with Gasteiger partial charge < -0.3 is 4.74 Å². The molecule has 2 heterocycles. The number of benzene rings is 2. The van der Waals surface area contributed by atoms with E-state index >= 15 is 0 Å². The lowest BCUT2D eigenvalue weighted by Crippen LogP contribution is -2.49. The first kappa shape index (κ1) is 18.8. The Hall–Kier alpha value is -2.55. The first-order valence-corrected chi connectivity index (χ1v) is 10.9. The summed E-state index contributed by atoms with van der Waals surface area (Å²) in [6.45, 7) is 0.0688. The molecule has 0 saturated heterocycles. The monoisotopic (exact) mass is 417 g/mol. The summed E-state index contributed by atoms with van der Waals surface area (Å²) in [4.78, 5) is 12.9. The van der Waals surface area contributed by atoms with E-state index in [1.807, 2.05) is 24.3 Å². The summed E-state index contributed by atoms with van der Waals surface area (Å²) in [6, 6.07) is 14.7. The van der Waals surface area contributed by atoms with E-state index in [1.165, 1.54) is 28.6 Å². The van der Waals surface area contributed by atoms with Gasteiger partial charge in [0.15, 0.2) is 0 Å². The smallest absolute Gasteiger partial charge is 0.330 e. The minimum absolute atomic E-state index is 0.0392. The van der Waals surface area contributed by atoms with Crippen LogP contribution in [0.1, 0.15) is 11.1 Å². The van der Waals surface area contributed by atoms with Crippen molar-refractivity contribution in [2.45, 2.75) is 23.2 Å². The number of carbonyl (C=O) groups excluding carboxylic acids is 1. The highest BCUT2D eigenvalue weighted by Crippen LogP contribution is 2.31. The molecular formula is C20H16FNO4S2. The number of hydrogen-bond donors (Lipinski definition) is 0. The quantitative estimate of drug-likeness (QED) is 0.481. The molecule has 1 aromatic heterocycles. The zero-order chi connectivity index (χ0) is 19.7. The van der Waals surface area contributed by atoms with Gasteiger partial charge in [-0.3, -0.25) is 0 Å². The van der Waals surface area contributed by atoms with Gasteiger partial charge in [0.05, 0.1) is 0 Å². The molecule has 144 valence electrons. The normalized spacial score (nSPS) is 17.1. The number of sulfonamides is 1. The molecule has 5 nitrogen and oxygen atoms in total. The molecule has 2 aromatic carbocycles. The molecule has 0 bridgehead atoms. The Morgan fingerprint density at radius 1 is 1.07 bits per heavy atom. The second-order valence-corrected chi connectivity index (χ2v) is 9.41. The van der Waals surface area contributed by atoms with Gasteiger partial charge in [-0.25, -0.2) is 17.6 Å². The molecule has 1 atom stereocenters. The Kier molecular flexibility index (Phi) is 5.01. The van der Waals surface area contributed by atoms with Gasteiger partial charge in [0.25, 0.3) is 10.0 Å². The minimum Gasteiger partial charge on any atom is -0.425 e. The second-order valence-electron chi connectivity index (χ2n) is 6.35. The lowest BCUT2D eigenvalue weighted by molar-refractivity contribution is -0.139. The molecule has 0 spiro atoms. The number of carbonyl (C=O) groups is 1. The van der Waals surface area contributed by atoms with E-state index < -0.39 is 27.9 Å². The fourth-order valence-corrected chi connectivity index (χ4v) is 5.87. The van der Waals surface area contributed by atoms with Crippen LogP contribution in [0.5, 0.6) is 5.75 Å². The van der Waals surface area contributed by atoms with Crippen LogP contribution in [0.2, 0.25) is 0 Å². The first-order valence-electron chi connectivity index (χ1n) is 8.54. The third-order valence-electron chi connectivity index (χ3n) is 4.55. The molecule has 1 aliphatic heterocycles. The summed E-state index contributed by atoms with van der Waals surface area (Å²) in [5, 5.41) is 1.67. The number of ether oxygens (including phenoxy) is 1. The predicted molar refractivity (Wildman–Crippen MR) is 103 cm³/mol. The number of halogens is 1. The van der Waals surface area contributed by atoms with Crippen LogP contribution >= 0.6 is 11.3 Å². The number of thiophene rings is 1. The SMILES string of the molecule is O=C(Oc1cccc(F)c1)[C@@H]1Cc2ccccc2CN1S(=O)(=O)c1cccs1. The van der Waals surface area contributed by atoms with E-state index in [2.05, 4.69) is 0 Å². The van der Waals surface area contributed by atoms with Crippen LogP contribution in [0.3, 0.4) is 0 Å². The molecule has 1 aliphatic rings. The van der Waals surface area contributed by atoms with Crippen LogP contribution in [0.25, 0.3) is 0 Å². The molecule has 8 heteroatoms. The van der Waals surface area contributed by atoms with Gasteiger partial charge in [0.1, 0.15) is 21.8 Å². The van der Waals surface area contributed by atoms with Crippen molar-refractivity contribution in [2.75, 3.05) is 0 Å². The summed E-state index contributed by atoms with van der Waals surface area (Å²) in [5.74, 6) is -1.24. The third-order valence-corrected chi connectivity index (χ3v) is 7.78. The zero-order valence-electron chi connectivity index (χ0n) is 14.6. The highest BCUT2D eigenvalue weighted by molar-refractivity contribution is 7.91. The van der Waals surface area contributed by atoms with Gasteiger partial charge >= 0.3 is 5.97 Å². The van der Waals surface area contributed by atoms with Crippen LogP contribution in [0.15, 0.2) is 70.3 Å². The Balaban J connectivity index is 1.70. The molecule has 0 N–H and O–H groups in total. The van der Waals surface area contributed by atoms with Crippen LogP contribution in [0.4, 0.5) is 4.39 Å². The van der Waals surface area contributed by atoms with E-state index in [0.29, 0.717) is 0 Å². The van der Waals surface area contributed by atoms with Crippen LogP contribution in [0, 0.1) is 5.82 Å². The molecule has 0 amide bonds. The number of nitrogens with zero attached hydrogens (tertiary/aromatic N) is 1. The summed E-state index contributed by atoms with van der Waals surface area (Å²) >= 11 is 1.09. The van der Waals surface area contributed by atoms with E-state index in [0.717, 1.165) is 28.5 Å². The third kappa shape index (κ3) is 3.58. The van der Waals surface area contributed by atoms with Gasteiger partial charge in [-0.15, -0.1) is 11.3 Å². The summed E-state index contributed by atoms with van der Waals surface area (Å²) < 4.78 is 46.4. The highest BCUT2D eigenvalue weighted by Gasteiger charge is 2.41. The molecule has 0 unspecified atom stereocenters. The minimum atomic E-state index is -3.88. The number of fused-ring (bicyclic) bond motifs is 1. The first-order chi connectivity index (χ1) is 13.4. The van der Waals surface area contributed by atoms with E-state index in [-0.39, 0.29) is 22.9 Å². The molecule has 0 fully saturated rings. The van der Waals surface area contributed by atoms with E-state index in [9.17, 15) is 17.6 Å². The molecule has 4 rings (SSSR count). The summed E-state index contributed by atoms with van der Waals surface area (Å²) in [5.41, 5.74) is 1.73. The topological polar surface area (TPSA) is 63.7 Å². The van der Waals surface area contributed by atoms with Crippen molar-refractivity contribution in [3.8, 4) is 5.75 Å². The van der Waals surface area contributed by atoms with Crippen molar-refractivity contribution >= 4 is 27.3 Å². The van der Waals surface area contributed by atoms with Crippen molar-refractivity contribution < 1.29 is 22.3 Å². The average molecular weight is 417 g/mol. The lowest BCUT2D eigenvalue weighted by atomic mass is 9.96. The van der Waals surface area contributed by atoms with Gasteiger partial charge in [-0.1, -0.05) is 36.4 Å². The summed E-state index contributed by atoms with van der Waals surface area (Å²) in [7, 11) is -3.88. The highest BCUT2D eigenvalue weighted by atomic mass is 32.2. The number of rotatable bonds is 4. The van der Waals surface area contributed by atoms with Gasteiger partial charge in [-0.05, 0) is 34.7 Å². The van der Waals surface area contributed by atoms with Crippen molar-refractivity contribution in [3.63, 3.8) is 0 Å². The van der Waals surface area contributed by atoms with Crippen molar-refractivity contribution in [2.24, 2.45) is 0 Å². The van der Waals surface area contributed by atoms with Crippen LogP contribution < -0.4 is 4.74 Å². The molecule has 0 radical (unpaired) electrons. The van der Waals surface area contributed by atoms with Gasteiger partial charge in [-0.2, -0.15) is 4.31 Å². The van der Waals surface area contributed by atoms with Gasteiger partial charge in [0, 0.05) is 19.0 Å². The van der Waals surface area contributed by atoms with Crippen LogP contribution in [-0.4, -0.2) is 24.7 Å². The predicted octanol–water partition coefficient (Wildman–Crippen LogP) is 3.61. The Morgan fingerprint density at radius 3 is 2.57 bits per heavy atom. The molecule has 0 saturated carbocycles. The van der Waals surface area contributed by atoms with E-state index in [4.69, 9.17) is 4.74 Å². The number of esters is 1. The Labute approximate surface area is 166 Å². The Morgan fingerprint density at radius 2 is 1.86 bits per heavy atom. The maximum absolute atomic E-state index is 13.4.